The average Bonchev–Trinajstić information content (AvgIpc) is 2.77. The van der Waals surface area contributed by atoms with E-state index in [0.717, 1.165) is 25.7 Å². The summed E-state index contributed by atoms with van der Waals surface area (Å²) in [6.45, 7) is 4.00. The van der Waals surface area contributed by atoms with Gasteiger partial charge in [-0.1, -0.05) is 12.8 Å². The van der Waals surface area contributed by atoms with Crippen LogP contribution in [0.4, 0.5) is 0 Å². The number of likely N-dealkylation sites (N-methyl/N-ethyl adjacent to an activating group) is 1. The molecule has 0 bridgehead atoms. The van der Waals surface area contributed by atoms with Crippen molar-refractivity contribution in [1.29, 1.82) is 0 Å². The molecule has 1 aliphatic heterocycles. The molecule has 1 heterocycles. The maximum Gasteiger partial charge on any atom is 0.242 e. The summed E-state index contributed by atoms with van der Waals surface area (Å²) in [5.41, 5.74) is 0. The molecule has 4 amide bonds. The zero-order valence-electron chi connectivity index (χ0n) is 13.8. The fraction of sp³-hybridized carbons (Fsp3) is 0.750. The molecule has 2 aliphatic rings. The molecule has 0 aromatic rings. The summed E-state index contributed by atoms with van der Waals surface area (Å²) in [6.07, 6.45) is 3.54. The first kappa shape index (κ1) is 17.4. The molecule has 7 nitrogen and oxygen atoms in total. The highest BCUT2D eigenvalue weighted by Crippen LogP contribution is 2.37. The number of carbonyl (C=O) groups is 4. The van der Waals surface area contributed by atoms with Crippen LogP contribution in [0, 0.1) is 11.8 Å². The van der Waals surface area contributed by atoms with Gasteiger partial charge in [-0.2, -0.15) is 0 Å². The van der Waals surface area contributed by atoms with E-state index in [4.69, 9.17) is 0 Å². The Morgan fingerprint density at radius 3 is 2.26 bits per heavy atom. The fourth-order valence-corrected chi connectivity index (χ4v) is 3.37. The largest absolute Gasteiger partial charge is 0.355 e. The van der Waals surface area contributed by atoms with Crippen molar-refractivity contribution >= 4 is 23.6 Å². The highest BCUT2D eigenvalue weighted by molar-refractivity contribution is 6.05. The summed E-state index contributed by atoms with van der Waals surface area (Å²) in [5.74, 6) is -1.23. The van der Waals surface area contributed by atoms with Crippen LogP contribution < -0.4 is 10.6 Å². The molecule has 0 radical (unpaired) electrons. The van der Waals surface area contributed by atoms with Gasteiger partial charge in [0.25, 0.3) is 0 Å². The third kappa shape index (κ3) is 3.89. The Morgan fingerprint density at radius 2 is 1.74 bits per heavy atom. The lowest BCUT2D eigenvalue weighted by molar-refractivity contribution is -0.140. The summed E-state index contributed by atoms with van der Waals surface area (Å²) in [7, 11) is 0. The summed E-state index contributed by atoms with van der Waals surface area (Å²) in [6, 6.07) is -0.630. The van der Waals surface area contributed by atoms with Crippen LogP contribution in [0.25, 0.3) is 0 Å². The molecule has 3 atom stereocenters. The first-order chi connectivity index (χ1) is 11.0. The van der Waals surface area contributed by atoms with Gasteiger partial charge < -0.3 is 10.6 Å². The minimum atomic E-state index is -0.630. The van der Waals surface area contributed by atoms with Crippen LogP contribution in [0.2, 0.25) is 0 Å². The van der Waals surface area contributed by atoms with Gasteiger partial charge >= 0.3 is 0 Å². The first-order valence-electron chi connectivity index (χ1n) is 8.38. The number of rotatable bonds is 6. The van der Waals surface area contributed by atoms with Crippen molar-refractivity contribution in [1.82, 2.24) is 15.5 Å². The second kappa shape index (κ2) is 7.57. The van der Waals surface area contributed by atoms with Gasteiger partial charge in [0.1, 0.15) is 6.04 Å². The van der Waals surface area contributed by atoms with Crippen LogP contribution in [-0.2, 0) is 19.2 Å². The van der Waals surface area contributed by atoms with Gasteiger partial charge in [0, 0.05) is 19.5 Å². The Balaban J connectivity index is 1.83. The van der Waals surface area contributed by atoms with E-state index in [2.05, 4.69) is 10.6 Å². The van der Waals surface area contributed by atoms with E-state index < -0.39 is 6.04 Å². The molecule has 0 aromatic heterocycles. The number of fused-ring (bicyclic) bond motifs is 1. The van der Waals surface area contributed by atoms with E-state index >= 15 is 0 Å². The minimum Gasteiger partial charge on any atom is -0.355 e. The Bertz CT molecular complexity index is 482. The molecular weight excluding hydrogens is 298 g/mol. The van der Waals surface area contributed by atoms with E-state index in [1.54, 1.807) is 13.8 Å². The second-order valence-corrected chi connectivity index (χ2v) is 6.26. The van der Waals surface area contributed by atoms with E-state index in [-0.39, 0.29) is 48.4 Å². The zero-order chi connectivity index (χ0) is 17.0. The number of hydrogen-bond acceptors (Lipinski definition) is 4. The van der Waals surface area contributed by atoms with E-state index in [0.29, 0.717) is 6.54 Å². The van der Waals surface area contributed by atoms with Gasteiger partial charge in [-0.05, 0) is 26.7 Å². The molecule has 2 N–H and O–H groups in total. The SMILES string of the molecule is CCNC(=O)[C@H](C)NC(=O)CCN1C(=O)[C@H]2CCCC[C@@H]2C1=O. The Kier molecular flexibility index (Phi) is 5.74. The van der Waals surface area contributed by atoms with Crippen molar-refractivity contribution in [3.8, 4) is 0 Å². The quantitative estimate of drug-likeness (QED) is 0.682. The molecule has 1 saturated carbocycles. The lowest BCUT2D eigenvalue weighted by atomic mass is 9.81. The number of imide groups is 1. The number of likely N-dealkylation sites (tertiary alicyclic amines) is 1. The zero-order valence-corrected chi connectivity index (χ0v) is 13.8. The van der Waals surface area contributed by atoms with Crippen molar-refractivity contribution in [2.45, 2.75) is 52.0 Å². The monoisotopic (exact) mass is 323 g/mol. The third-order valence-corrected chi connectivity index (χ3v) is 4.62. The Hall–Kier alpha value is -1.92. The number of nitrogens with one attached hydrogen (secondary N) is 2. The molecule has 0 unspecified atom stereocenters. The molecule has 1 saturated heterocycles. The van der Waals surface area contributed by atoms with Crippen LogP contribution in [0.1, 0.15) is 46.0 Å². The number of amides is 4. The lowest BCUT2D eigenvalue weighted by Crippen LogP contribution is -2.45. The van der Waals surface area contributed by atoms with Crippen LogP contribution in [0.5, 0.6) is 0 Å². The summed E-state index contributed by atoms with van der Waals surface area (Å²) >= 11 is 0. The second-order valence-electron chi connectivity index (χ2n) is 6.26. The lowest BCUT2D eigenvalue weighted by Gasteiger charge is -2.19. The highest BCUT2D eigenvalue weighted by atomic mass is 16.2. The predicted octanol–water partition coefficient (Wildman–Crippen LogP) is 0.192. The maximum atomic E-state index is 12.3. The van der Waals surface area contributed by atoms with Gasteiger partial charge in [0.2, 0.25) is 23.6 Å². The maximum absolute atomic E-state index is 12.3. The van der Waals surface area contributed by atoms with Crippen molar-refractivity contribution < 1.29 is 19.2 Å². The van der Waals surface area contributed by atoms with Crippen molar-refractivity contribution in [3.05, 3.63) is 0 Å². The van der Waals surface area contributed by atoms with E-state index in [9.17, 15) is 19.2 Å². The van der Waals surface area contributed by atoms with Gasteiger partial charge in [0.05, 0.1) is 11.8 Å². The number of hydrogen-bond donors (Lipinski definition) is 2. The van der Waals surface area contributed by atoms with E-state index in [1.807, 2.05) is 0 Å². The normalized spacial score (nSPS) is 25.0. The van der Waals surface area contributed by atoms with Crippen LogP contribution in [-0.4, -0.2) is 47.7 Å². The number of nitrogens with zero attached hydrogens (tertiary/aromatic N) is 1. The first-order valence-corrected chi connectivity index (χ1v) is 8.38. The van der Waals surface area contributed by atoms with Gasteiger partial charge in [-0.15, -0.1) is 0 Å². The van der Waals surface area contributed by atoms with Crippen molar-refractivity contribution in [2.75, 3.05) is 13.1 Å². The molecule has 128 valence electrons. The van der Waals surface area contributed by atoms with Crippen LogP contribution >= 0.6 is 0 Å². The molecule has 0 aromatic carbocycles. The third-order valence-electron chi connectivity index (χ3n) is 4.62. The molecule has 2 rings (SSSR count). The van der Waals surface area contributed by atoms with Crippen molar-refractivity contribution in [2.24, 2.45) is 11.8 Å². The topological polar surface area (TPSA) is 95.6 Å². The summed E-state index contributed by atoms with van der Waals surface area (Å²) < 4.78 is 0. The Labute approximate surface area is 136 Å². The molecule has 1 aliphatic carbocycles. The minimum absolute atomic E-state index is 0.0284. The van der Waals surface area contributed by atoms with Gasteiger partial charge in [-0.25, -0.2) is 0 Å². The smallest absolute Gasteiger partial charge is 0.242 e. The predicted molar refractivity (Wildman–Crippen MR) is 83.1 cm³/mol. The number of carbonyl (C=O) groups excluding carboxylic acids is 4. The van der Waals surface area contributed by atoms with Crippen LogP contribution in [0.3, 0.4) is 0 Å². The molecule has 23 heavy (non-hydrogen) atoms. The van der Waals surface area contributed by atoms with Gasteiger partial charge in [0.15, 0.2) is 0 Å². The molecular formula is C16H25N3O4. The highest BCUT2D eigenvalue weighted by Gasteiger charge is 2.47. The summed E-state index contributed by atoms with van der Waals surface area (Å²) in [4.78, 5) is 49.3. The van der Waals surface area contributed by atoms with Crippen molar-refractivity contribution in [3.63, 3.8) is 0 Å². The van der Waals surface area contributed by atoms with Gasteiger partial charge in [-0.3, -0.25) is 24.1 Å². The molecule has 7 heteroatoms. The standard InChI is InChI=1S/C16H25N3O4/c1-3-17-14(21)10(2)18-13(20)8-9-19-15(22)11-6-4-5-7-12(11)16(19)23/h10-12H,3-9H2,1-2H3,(H,17,21)(H,18,20)/t10-,11-,12-/m0/s1. The van der Waals surface area contributed by atoms with Crippen LogP contribution in [0.15, 0.2) is 0 Å². The average molecular weight is 323 g/mol. The summed E-state index contributed by atoms with van der Waals surface area (Å²) in [5, 5.41) is 5.20. The fourth-order valence-electron chi connectivity index (χ4n) is 3.37. The Morgan fingerprint density at radius 1 is 1.17 bits per heavy atom. The molecule has 2 fully saturated rings. The van der Waals surface area contributed by atoms with E-state index in [1.165, 1.54) is 4.90 Å². The molecule has 0 spiro atoms.